The molecule has 1 N–H and O–H groups in total. The van der Waals surface area contributed by atoms with Crippen LogP contribution in [0.15, 0.2) is 24.3 Å². The Morgan fingerprint density at radius 1 is 1.21 bits per heavy atom. The molecule has 0 fully saturated rings. The van der Waals surface area contributed by atoms with Gasteiger partial charge in [-0.05, 0) is 31.2 Å². The standard InChI is InChI=1S/C17H16F5N3O3/c1-9-5-13(15(26)27)24-16(23-9)25(2)3-4-28-12-7-10(14(18)19)6-11(8-12)17(20,21)22/h5-8,14H,3-4H2,1-2H3,(H,26,27). The molecule has 0 aliphatic carbocycles. The third-order valence-corrected chi connectivity index (χ3v) is 3.61. The molecule has 0 radical (unpaired) electrons. The van der Waals surface area contributed by atoms with Crippen molar-refractivity contribution in [1.29, 1.82) is 0 Å². The first-order valence-electron chi connectivity index (χ1n) is 7.90. The number of aryl methyl sites for hydroxylation is 1. The Hall–Kier alpha value is -2.98. The average molecular weight is 405 g/mol. The topological polar surface area (TPSA) is 75.5 Å². The number of hydrogen-bond donors (Lipinski definition) is 1. The van der Waals surface area contributed by atoms with Crippen molar-refractivity contribution in [1.82, 2.24) is 9.97 Å². The van der Waals surface area contributed by atoms with Crippen LogP contribution in [-0.4, -0.2) is 41.2 Å². The number of hydrogen-bond acceptors (Lipinski definition) is 5. The second-order valence-corrected chi connectivity index (χ2v) is 5.86. The van der Waals surface area contributed by atoms with E-state index in [0.717, 1.165) is 6.07 Å². The number of alkyl halides is 5. The zero-order chi connectivity index (χ0) is 21.1. The molecule has 0 bridgehead atoms. The predicted octanol–water partition coefficient (Wildman–Crippen LogP) is 3.95. The van der Waals surface area contributed by atoms with E-state index in [9.17, 15) is 26.7 Å². The van der Waals surface area contributed by atoms with Crippen LogP contribution in [0.5, 0.6) is 5.75 Å². The summed E-state index contributed by atoms with van der Waals surface area (Å²) >= 11 is 0. The Kier molecular flexibility index (Phi) is 6.37. The first kappa shape index (κ1) is 21.3. The molecule has 2 aromatic rings. The van der Waals surface area contributed by atoms with Crippen molar-refractivity contribution < 1.29 is 36.6 Å². The van der Waals surface area contributed by atoms with Gasteiger partial charge in [0.25, 0.3) is 6.43 Å². The first-order chi connectivity index (χ1) is 13.0. The highest BCUT2D eigenvalue weighted by Crippen LogP contribution is 2.35. The Morgan fingerprint density at radius 3 is 2.46 bits per heavy atom. The maximum absolute atomic E-state index is 12.9. The normalized spacial score (nSPS) is 11.6. The molecule has 0 saturated heterocycles. The molecule has 0 aliphatic heterocycles. The zero-order valence-corrected chi connectivity index (χ0v) is 14.8. The summed E-state index contributed by atoms with van der Waals surface area (Å²) in [6.07, 6.45) is -7.87. The van der Waals surface area contributed by atoms with Crippen LogP contribution in [0.1, 0.15) is 33.7 Å². The molecule has 0 saturated carbocycles. The maximum Gasteiger partial charge on any atom is 0.416 e. The molecular formula is C17H16F5N3O3. The lowest BCUT2D eigenvalue weighted by Crippen LogP contribution is -2.26. The average Bonchev–Trinajstić information content (AvgIpc) is 2.60. The van der Waals surface area contributed by atoms with E-state index in [1.165, 1.54) is 18.0 Å². The molecule has 0 unspecified atom stereocenters. The molecule has 152 valence electrons. The molecule has 0 spiro atoms. The van der Waals surface area contributed by atoms with E-state index in [1.807, 2.05) is 0 Å². The maximum atomic E-state index is 12.9. The third kappa shape index (κ3) is 5.51. The summed E-state index contributed by atoms with van der Waals surface area (Å²) in [7, 11) is 1.53. The number of benzene rings is 1. The summed E-state index contributed by atoms with van der Waals surface area (Å²) in [6, 6.07) is 3.13. The lowest BCUT2D eigenvalue weighted by molar-refractivity contribution is -0.137. The molecule has 1 aromatic heterocycles. The fraction of sp³-hybridized carbons (Fsp3) is 0.353. The molecule has 6 nitrogen and oxygen atoms in total. The number of anilines is 1. The van der Waals surface area contributed by atoms with Crippen molar-refractivity contribution in [3.8, 4) is 5.75 Å². The smallest absolute Gasteiger partial charge is 0.416 e. The highest BCUT2D eigenvalue weighted by Gasteiger charge is 2.32. The highest BCUT2D eigenvalue weighted by atomic mass is 19.4. The van der Waals surface area contributed by atoms with Gasteiger partial charge in [-0.25, -0.2) is 23.5 Å². The van der Waals surface area contributed by atoms with E-state index >= 15 is 0 Å². The minimum absolute atomic E-state index is 0.0722. The van der Waals surface area contributed by atoms with Gasteiger partial charge in [0.15, 0.2) is 5.69 Å². The Balaban J connectivity index is 2.10. The summed E-state index contributed by atoms with van der Waals surface area (Å²) in [5.41, 5.74) is -1.84. The van der Waals surface area contributed by atoms with Gasteiger partial charge >= 0.3 is 12.1 Å². The number of halogens is 5. The number of carboxylic acid groups (broad SMARTS) is 1. The molecule has 28 heavy (non-hydrogen) atoms. The van der Waals surface area contributed by atoms with Crippen LogP contribution in [0.3, 0.4) is 0 Å². The van der Waals surface area contributed by atoms with Crippen molar-refractivity contribution in [2.75, 3.05) is 25.1 Å². The number of aromatic carboxylic acids is 1. The molecule has 0 aliphatic rings. The largest absolute Gasteiger partial charge is 0.492 e. The van der Waals surface area contributed by atoms with Crippen LogP contribution in [0, 0.1) is 6.92 Å². The van der Waals surface area contributed by atoms with Gasteiger partial charge in [0.1, 0.15) is 12.4 Å². The predicted molar refractivity (Wildman–Crippen MR) is 88.9 cm³/mol. The van der Waals surface area contributed by atoms with Crippen LogP contribution >= 0.6 is 0 Å². The summed E-state index contributed by atoms with van der Waals surface area (Å²) in [5.74, 6) is -1.51. The second kappa shape index (κ2) is 8.36. The lowest BCUT2D eigenvalue weighted by Gasteiger charge is -2.18. The van der Waals surface area contributed by atoms with Gasteiger partial charge < -0.3 is 14.7 Å². The van der Waals surface area contributed by atoms with E-state index < -0.39 is 29.7 Å². The van der Waals surface area contributed by atoms with Gasteiger partial charge in [0.2, 0.25) is 5.95 Å². The van der Waals surface area contributed by atoms with Gasteiger partial charge in [-0.3, -0.25) is 0 Å². The molecule has 11 heteroatoms. The monoisotopic (exact) mass is 405 g/mol. The third-order valence-electron chi connectivity index (χ3n) is 3.61. The van der Waals surface area contributed by atoms with E-state index in [4.69, 9.17) is 9.84 Å². The lowest BCUT2D eigenvalue weighted by atomic mass is 10.1. The molecular weight excluding hydrogens is 389 g/mol. The fourth-order valence-corrected chi connectivity index (χ4v) is 2.23. The summed E-state index contributed by atoms with van der Waals surface area (Å²) in [6.45, 7) is 1.49. The van der Waals surface area contributed by atoms with E-state index in [2.05, 4.69) is 9.97 Å². The van der Waals surface area contributed by atoms with Crippen molar-refractivity contribution in [3.05, 3.63) is 46.8 Å². The highest BCUT2D eigenvalue weighted by molar-refractivity contribution is 5.85. The number of carbonyl (C=O) groups is 1. The van der Waals surface area contributed by atoms with Crippen LogP contribution in [0.2, 0.25) is 0 Å². The Bertz CT molecular complexity index is 858. The van der Waals surface area contributed by atoms with Gasteiger partial charge in [-0.2, -0.15) is 13.2 Å². The number of aromatic nitrogens is 2. The van der Waals surface area contributed by atoms with Crippen molar-refractivity contribution in [3.63, 3.8) is 0 Å². The van der Waals surface area contributed by atoms with Crippen LogP contribution < -0.4 is 9.64 Å². The molecule has 0 atom stereocenters. The van der Waals surface area contributed by atoms with Gasteiger partial charge in [-0.15, -0.1) is 0 Å². The number of rotatable bonds is 7. The van der Waals surface area contributed by atoms with Gasteiger partial charge in [0, 0.05) is 18.3 Å². The Labute approximate surface area is 156 Å². The summed E-state index contributed by atoms with van der Waals surface area (Å²) in [5, 5.41) is 9.02. The number of likely N-dealkylation sites (N-methyl/N-ethyl adjacent to an activating group) is 1. The molecule has 2 rings (SSSR count). The number of ether oxygens (including phenoxy) is 1. The first-order valence-corrected chi connectivity index (χ1v) is 7.90. The van der Waals surface area contributed by atoms with Crippen LogP contribution in [0.25, 0.3) is 0 Å². The van der Waals surface area contributed by atoms with Gasteiger partial charge in [-0.1, -0.05) is 0 Å². The van der Waals surface area contributed by atoms with E-state index in [0.29, 0.717) is 17.8 Å². The summed E-state index contributed by atoms with van der Waals surface area (Å²) in [4.78, 5) is 20.4. The number of nitrogens with zero attached hydrogens (tertiary/aromatic N) is 3. The van der Waals surface area contributed by atoms with Crippen molar-refractivity contribution in [2.45, 2.75) is 19.5 Å². The van der Waals surface area contributed by atoms with Crippen molar-refractivity contribution in [2.24, 2.45) is 0 Å². The van der Waals surface area contributed by atoms with Gasteiger partial charge in [0.05, 0.1) is 12.1 Å². The molecule has 1 heterocycles. The second-order valence-electron chi connectivity index (χ2n) is 5.86. The minimum atomic E-state index is -4.79. The molecule has 0 amide bonds. The zero-order valence-electron chi connectivity index (χ0n) is 14.8. The molecule has 1 aromatic carbocycles. The number of carboxylic acids is 1. The van der Waals surface area contributed by atoms with Crippen LogP contribution in [-0.2, 0) is 6.18 Å². The quantitative estimate of drug-likeness (QED) is 0.703. The van der Waals surface area contributed by atoms with E-state index in [1.54, 1.807) is 6.92 Å². The minimum Gasteiger partial charge on any atom is -0.492 e. The van der Waals surface area contributed by atoms with E-state index in [-0.39, 0.29) is 30.5 Å². The summed E-state index contributed by atoms with van der Waals surface area (Å²) < 4.78 is 69.4. The fourth-order valence-electron chi connectivity index (χ4n) is 2.23. The SMILES string of the molecule is Cc1cc(C(=O)O)nc(N(C)CCOc2cc(C(F)F)cc(C(F)(F)F)c2)n1. The van der Waals surface area contributed by atoms with Crippen LogP contribution in [0.4, 0.5) is 27.9 Å². The van der Waals surface area contributed by atoms with Crippen molar-refractivity contribution >= 4 is 11.9 Å². The Morgan fingerprint density at radius 2 is 1.89 bits per heavy atom.